The molecule has 2 bridgehead atoms. The van der Waals surface area contributed by atoms with Gasteiger partial charge in [0.2, 0.25) is 0 Å². The van der Waals surface area contributed by atoms with E-state index in [0.29, 0.717) is 29.1 Å². The van der Waals surface area contributed by atoms with Crippen LogP contribution in [-0.2, 0) is 13.0 Å². The Morgan fingerprint density at radius 2 is 1.64 bits per heavy atom. The second-order valence-corrected chi connectivity index (χ2v) is 9.16. The van der Waals surface area contributed by atoms with Crippen LogP contribution >= 0.6 is 0 Å². The van der Waals surface area contributed by atoms with Gasteiger partial charge in [-0.2, -0.15) is 0 Å². The van der Waals surface area contributed by atoms with Gasteiger partial charge < -0.3 is 10.1 Å². The summed E-state index contributed by atoms with van der Waals surface area (Å²) in [5.41, 5.74) is 2.72. The Hall–Kier alpha value is -2.76. The van der Waals surface area contributed by atoms with Crippen molar-refractivity contribution >= 4 is 0 Å². The molecule has 5 heteroatoms. The van der Waals surface area contributed by atoms with Crippen molar-refractivity contribution in [1.29, 1.82) is 0 Å². The molecule has 3 nitrogen and oxygen atoms in total. The summed E-state index contributed by atoms with van der Waals surface area (Å²) in [7, 11) is 1.70. The molecular formula is C28H30F2N2O. The lowest BCUT2D eigenvalue weighted by molar-refractivity contribution is 0.0126. The predicted molar refractivity (Wildman–Crippen MR) is 127 cm³/mol. The van der Waals surface area contributed by atoms with Crippen molar-refractivity contribution in [2.75, 3.05) is 20.2 Å². The third kappa shape index (κ3) is 4.53. The zero-order valence-electron chi connectivity index (χ0n) is 18.9. The summed E-state index contributed by atoms with van der Waals surface area (Å²) in [5, 5.41) is 3.81. The number of halogens is 2. The number of rotatable bonds is 7. The summed E-state index contributed by atoms with van der Waals surface area (Å²) in [6.07, 6.45) is 3.16. The van der Waals surface area contributed by atoms with Crippen LogP contribution in [-0.4, -0.2) is 37.2 Å². The van der Waals surface area contributed by atoms with Gasteiger partial charge in [-0.1, -0.05) is 48.5 Å². The summed E-state index contributed by atoms with van der Waals surface area (Å²) in [6.45, 7) is 2.94. The molecule has 172 valence electrons. The zero-order valence-corrected chi connectivity index (χ0v) is 18.9. The van der Waals surface area contributed by atoms with Crippen LogP contribution in [0.4, 0.5) is 8.78 Å². The normalized spacial score (nSPS) is 24.1. The molecule has 0 aliphatic carbocycles. The van der Waals surface area contributed by atoms with E-state index >= 15 is 0 Å². The molecule has 0 radical (unpaired) electrons. The molecule has 2 atom stereocenters. The predicted octanol–water partition coefficient (Wildman–Crippen LogP) is 5.44. The van der Waals surface area contributed by atoms with Crippen LogP contribution in [0, 0.1) is 17.6 Å². The lowest BCUT2D eigenvalue weighted by Gasteiger charge is -2.51. The van der Waals surface area contributed by atoms with E-state index in [4.69, 9.17) is 4.74 Å². The number of para-hydroxylation sites is 1. The second kappa shape index (κ2) is 9.62. The summed E-state index contributed by atoms with van der Waals surface area (Å²) in [5.74, 6) is 0.749. The number of hydrogen-bond donors (Lipinski definition) is 1. The van der Waals surface area contributed by atoms with Crippen LogP contribution in [0.15, 0.2) is 66.7 Å². The molecule has 3 fully saturated rings. The van der Waals surface area contributed by atoms with Crippen molar-refractivity contribution in [3.8, 4) is 16.9 Å². The highest BCUT2D eigenvalue weighted by Crippen LogP contribution is 2.35. The maximum Gasteiger partial charge on any atom is 0.131 e. The average molecular weight is 449 g/mol. The smallest absolute Gasteiger partial charge is 0.131 e. The maximum atomic E-state index is 15.0. The van der Waals surface area contributed by atoms with E-state index in [-0.39, 0.29) is 5.82 Å². The number of piperidine rings is 3. The van der Waals surface area contributed by atoms with Gasteiger partial charge in [-0.3, -0.25) is 4.90 Å². The van der Waals surface area contributed by atoms with E-state index in [1.807, 2.05) is 24.3 Å². The van der Waals surface area contributed by atoms with E-state index in [1.54, 1.807) is 37.4 Å². The molecule has 0 amide bonds. The third-order valence-electron chi connectivity index (χ3n) is 7.33. The van der Waals surface area contributed by atoms with Crippen LogP contribution in [0.1, 0.15) is 24.0 Å². The molecule has 3 saturated heterocycles. The summed E-state index contributed by atoms with van der Waals surface area (Å²) in [4.78, 5) is 2.54. The Morgan fingerprint density at radius 1 is 0.909 bits per heavy atom. The van der Waals surface area contributed by atoms with Crippen LogP contribution in [0.3, 0.4) is 0 Å². The fourth-order valence-corrected chi connectivity index (χ4v) is 5.61. The van der Waals surface area contributed by atoms with Gasteiger partial charge in [-0.25, -0.2) is 8.78 Å². The molecule has 3 aliphatic heterocycles. The van der Waals surface area contributed by atoms with E-state index in [9.17, 15) is 8.78 Å². The van der Waals surface area contributed by atoms with Crippen LogP contribution in [0.2, 0.25) is 0 Å². The van der Waals surface area contributed by atoms with Crippen molar-refractivity contribution in [2.45, 2.75) is 37.9 Å². The van der Waals surface area contributed by atoms with Crippen molar-refractivity contribution in [1.82, 2.24) is 10.2 Å². The monoisotopic (exact) mass is 448 g/mol. The first-order chi connectivity index (χ1) is 16.1. The van der Waals surface area contributed by atoms with E-state index < -0.39 is 5.82 Å². The summed E-state index contributed by atoms with van der Waals surface area (Å²) < 4.78 is 34.7. The van der Waals surface area contributed by atoms with Crippen molar-refractivity contribution in [3.05, 3.63) is 89.5 Å². The highest BCUT2D eigenvalue weighted by molar-refractivity contribution is 5.65. The van der Waals surface area contributed by atoms with Gasteiger partial charge in [0.05, 0.1) is 7.11 Å². The van der Waals surface area contributed by atoms with Gasteiger partial charge in [-0.15, -0.1) is 0 Å². The minimum Gasteiger partial charge on any atom is -0.496 e. The first-order valence-electron chi connectivity index (χ1n) is 11.8. The molecule has 0 aromatic heterocycles. The summed E-state index contributed by atoms with van der Waals surface area (Å²) in [6, 6.07) is 20.4. The van der Waals surface area contributed by atoms with E-state index in [2.05, 4.69) is 16.3 Å². The quantitative estimate of drug-likeness (QED) is 0.521. The van der Waals surface area contributed by atoms with Crippen LogP contribution in [0.25, 0.3) is 11.1 Å². The SMILES string of the molecule is COc1ccccc1CNC1C2CCN(CC2)C1Cc1ccc(-c2ccccc2F)c(F)c1. The van der Waals surface area contributed by atoms with Crippen LogP contribution < -0.4 is 10.1 Å². The molecule has 2 unspecified atom stereocenters. The highest BCUT2D eigenvalue weighted by atomic mass is 19.1. The molecule has 1 N–H and O–H groups in total. The minimum absolute atomic E-state index is 0.304. The maximum absolute atomic E-state index is 15.0. The van der Waals surface area contributed by atoms with Crippen molar-refractivity contribution < 1.29 is 13.5 Å². The van der Waals surface area contributed by atoms with E-state index in [1.165, 1.54) is 18.9 Å². The second-order valence-electron chi connectivity index (χ2n) is 9.16. The fourth-order valence-electron chi connectivity index (χ4n) is 5.61. The Morgan fingerprint density at radius 3 is 2.39 bits per heavy atom. The standard InChI is InChI=1S/C28H30F2N2O/c1-33-27-9-5-2-6-21(27)18-31-28-20-12-14-32(15-13-20)26(28)17-19-10-11-23(25(30)16-19)22-7-3-4-8-24(22)29/h2-11,16,20,26,28,31H,12-15,17-18H2,1H3. The number of fused-ring (bicyclic) bond motifs is 3. The fraction of sp³-hybridized carbons (Fsp3) is 0.357. The first kappa shape index (κ1) is 22.1. The Bertz CT molecular complexity index is 1110. The lowest BCUT2D eigenvalue weighted by atomic mass is 9.76. The largest absolute Gasteiger partial charge is 0.496 e. The minimum atomic E-state index is -0.402. The lowest BCUT2D eigenvalue weighted by Crippen LogP contribution is -2.63. The molecular weight excluding hydrogens is 418 g/mol. The van der Waals surface area contributed by atoms with Gasteiger partial charge >= 0.3 is 0 Å². The van der Waals surface area contributed by atoms with Crippen molar-refractivity contribution in [3.63, 3.8) is 0 Å². The Balaban J connectivity index is 1.35. The number of methoxy groups -OCH3 is 1. The Kier molecular flexibility index (Phi) is 6.43. The molecule has 6 rings (SSSR count). The first-order valence-corrected chi connectivity index (χ1v) is 11.8. The Labute approximate surface area is 194 Å². The molecule has 3 aromatic rings. The van der Waals surface area contributed by atoms with Gasteiger partial charge in [0.25, 0.3) is 0 Å². The number of benzene rings is 3. The highest BCUT2D eigenvalue weighted by Gasteiger charge is 2.41. The zero-order chi connectivity index (χ0) is 22.8. The van der Waals surface area contributed by atoms with E-state index in [0.717, 1.165) is 42.9 Å². The van der Waals surface area contributed by atoms with Crippen LogP contribution in [0.5, 0.6) is 5.75 Å². The number of hydrogen-bond acceptors (Lipinski definition) is 3. The molecule has 0 spiro atoms. The van der Waals surface area contributed by atoms with Gasteiger partial charge in [0.1, 0.15) is 17.4 Å². The van der Waals surface area contributed by atoms with Crippen molar-refractivity contribution in [2.24, 2.45) is 5.92 Å². The molecule has 3 heterocycles. The number of ether oxygens (including phenoxy) is 1. The van der Waals surface area contributed by atoms with Gasteiger partial charge in [0.15, 0.2) is 0 Å². The molecule has 33 heavy (non-hydrogen) atoms. The molecule has 3 aliphatic rings. The third-order valence-corrected chi connectivity index (χ3v) is 7.33. The van der Waals surface area contributed by atoms with Gasteiger partial charge in [-0.05, 0) is 62.0 Å². The number of nitrogens with zero attached hydrogens (tertiary/aromatic N) is 1. The number of nitrogens with one attached hydrogen (secondary N) is 1. The molecule has 3 aromatic carbocycles. The average Bonchev–Trinajstić information content (AvgIpc) is 2.85. The molecule has 0 saturated carbocycles. The van der Waals surface area contributed by atoms with Gasteiger partial charge in [0, 0.05) is 35.3 Å². The summed E-state index contributed by atoms with van der Waals surface area (Å²) >= 11 is 0. The topological polar surface area (TPSA) is 24.5 Å².